The van der Waals surface area contributed by atoms with Gasteiger partial charge in [-0.05, 0) is 22.8 Å². The maximum atomic E-state index is 7.00. The van der Waals surface area contributed by atoms with Gasteiger partial charge in [0.2, 0.25) is 0 Å². The summed E-state index contributed by atoms with van der Waals surface area (Å²) in [5.74, 6) is 0. The SMILES string of the molecule is BrCc1ccc2cc1-2.O[B]O. The van der Waals surface area contributed by atoms with Gasteiger partial charge in [-0.25, -0.2) is 0 Å². The second kappa shape index (κ2) is 3.90. The van der Waals surface area contributed by atoms with Gasteiger partial charge in [-0.1, -0.05) is 28.1 Å². The molecule has 2 aliphatic rings. The van der Waals surface area contributed by atoms with Crippen LogP contribution >= 0.6 is 15.9 Å². The van der Waals surface area contributed by atoms with E-state index in [1.165, 1.54) is 16.7 Å². The minimum Gasteiger partial charge on any atom is -0.429 e. The van der Waals surface area contributed by atoms with Crippen molar-refractivity contribution in [3.63, 3.8) is 0 Å². The monoisotopic (exact) mass is 213 g/mol. The molecule has 2 N–H and O–H groups in total. The van der Waals surface area contributed by atoms with E-state index < -0.39 is 0 Å². The fraction of sp³-hybridized carbons (Fsp3) is 0.143. The summed E-state index contributed by atoms with van der Waals surface area (Å²) in [7, 11) is 0. The van der Waals surface area contributed by atoms with Crippen LogP contribution in [0.25, 0.3) is 11.1 Å². The van der Waals surface area contributed by atoms with E-state index >= 15 is 0 Å². The van der Waals surface area contributed by atoms with Crippen LogP contribution in [0.5, 0.6) is 0 Å². The van der Waals surface area contributed by atoms with Crippen LogP contribution < -0.4 is 0 Å². The summed E-state index contributed by atoms with van der Waals surface area (Å²) in [5.41, 5.74) is 4.32. The van der Waals surface area contributed by atoms with E-state index in [1.54, 1.807) is 0 Å². The van der Waals surface area contributed by atoms with E-state index in [0.717, 1.165) is 5.33 Å². The zero-order chi connectivity index (χ0) is 8.27. The number of alkyl halides is 1. The topological polar surface area (TPSA) is 40.5 Å². The molecular formula is C7H7BBrO2. The third kappa shape index (κ3) is 2.05. The Morgan fingerprint density at radius 1 is 1.36 bits per heavy atom. The Kier molecular flexibility index (Phi) is 3.11. The molecule has 0 atom stereocenters. The number of hydrogen-bond acceptors (Lipinski definition) is 2. The smallest absolute Gasteiger partial charge is 0.429 e. The van der Waals surface area contributed by atoms with Crippen LogP contribution in [0, 0.1) is 0 Å². The quantitative estimate of drug-likeness (QED) is 0.550. The molecule has 1 radical (unpaired) electrons. The van der Waals surface area contributed by atoms with Gasteiger partial charge >= 0.3 is 7.69 Å². The number of fused-ring (bicyclic) bond motifs is 1. The van der Waals surface area contributed by atoms with E-state index in [2.05, 4.69) is 34.1 Å². The summed E-state index contributed by atoms with van der Waals surface area (Å²) in [6, 6.07) is 6.53. The van der Waals surface area contributed by atoms with Crippen molar-refractivity contribution in [2.24, 2.45) is 0 Å². The second-order valence-electron chi connectivity index (χ2n) is 2.12. The van der Waals surface area contributed by atoms with Crippen LogP contribution in [0.15, 0.2) is 18.2 Å². The molecule has 11 heavy (non-hydrogen) atoms. The van der Waals surface area contributed by atoms with E-state index in [9.17, 15) is 0 Å². The van der Waals surface area contributed by atoms with E-state index in [4.69, 9.17) is 10.0 Å². The molecule has 0 amide bonds. The summed E-state index contributed by atoms with van der Waals surface area (Å²) >= 11 is 3.40. The fourth-order valence-electron chi connectivity index (χ4n) is 0.932. The highest BCUT2D eigenvalue weighted by atomic mass is 79.9. The highest BCUT2D eigenvalue weighted by Crippen LogP contribution is 2.38. The lowest BCUT2D eigenvalue weighted by Gasteiger charge is -1.81. The van der Waals surface area contributed by atoms with Crippen LogP contribution in [-0.4, -0.2) is 17.7 Å². The Balaban J connectivity index is 0.000000179. The lowest BCUT2D eigenvalue weighted by atomic mass is 10.3. The Morgan fingerprint density at radius 2 is 2.00 bits per heavy atom. The molecule has 0 aliphatic heterocycles. The van der Waals surface area contributed by atoms with Crippen LogP contribution in [0.4, 0.5) is 0 Å². The molecule has 0 heterocycles. The molecule has 2 aliphatic carbocycles. The van der Waals surface area contributed by atoms with Gasteiger partial charge in [-0.2, -0.15) is 0 Å². The average Bonchev–Trinajstić information content (AvgIpc) is 2.66. The molecule has 0 aromatic rings. The Labute approximate surface area is 74.3 Å². The van der Waals surface area contributed by atoms with Crippen molar-refractivity contribution in [3.8, 4) is 11.1 Å². The Bertz CT molecular complexity index is 252. The molecule has 2 nitrogen and oxygen atoms in total. The molecule has 0 saturated heterocycles. The maximum Gasteiger partial charge on any atom is 0.482 e. The lowest BCUT2D eigenvalue weighted by Crippen LogP contribution is -1.75. The lowest BCUT2D eigenvalue weighted by molar-refractivity contribution is 0.448. The second-order valence-corrected chi connectivity index (χ2v) is 2.68. The largest absolute Gasteiger partial charge is 0.482 e. The minimum absolute atomic E-state index is 0. The van der Waals surface area contributed by atoms with Crippen molar-refractivity contribution in [1.29, 1.82) is 0 Å². The standard InChI is InChI=1S/C7H5Br.BH2O2/c8-4-6-2-1-5-3-7(5)6;2-1-3/h1-3H,4H2;2-3H. The zero-order valence-corrected chi connectivity index (χ0v) is 7.37. The van der Waals surface area contributed by atoms with E-state index in [-0.39, 0.29) is 7.69 Å². The number of hydrogen-bond donors (Lipinski definition) is 2. The molecule has 0 aromatic heterocycles. The molecule has 0 spiro atoms. The van der Waals surface area contributed by atoms with Crippen LogP contribution in [-0.2, 0) is 5.33 Å². The van der Waals surface area contributed by atoms with Crippen molar-refractivity contribution >= 4 is 23.6 Å². The van der Waals surface area contributed by atoms with Gasteiger partial charge in [0, 0.05) is 5.33 Å². The van der Waals surface area contributed by atoms with Gasteiger partial charge in [0.15, 0.2) is 0 Å². The minimum atomic E-state index is 0. The van der Waals surface area contributed by atoms with E-state index in [0.29, 0.717) is 0 Å². The number of rotatable bonds is 1. The Hall–Kier alpha value is -0.315. The third-order valence-electron chi connectivity index (χ3n) is 1.48. The molecule has 0 fully saturated rings. The molecule has 4 heteroatoms. The van der Waals surface area contributed by atoms with Gasteiger partial charge in [-0.15, -0.1) is 0 Å². The van der Waals surface area contributed by atoms with Crippen molar-refractivity contribution in [2.45, 2.75) is 5.33 Å². The van der Waals surface area contributed by atoms with Crippen LogP contribution in [0.2, 0.25) is 0 Å². The highest BCUT2D eigenvalue weighted by Gasteiger charge is 2.14. The van der Waals surface area contributed by atoms with Crippen molar-refractivity contribution in [3.05, 3.63) is 23.8 Å². The van der Waals surface area contributed by atoms with Crippen molar-refractivity contribution in [2.75, 3.05) is 0 Å². The van der Waals surface area contributed by atoms with Crippen LogP contribution in [0.1, 0.15) is 5.56 Å². The summed E-state index contributed by atoms with van der Waals surface area (Å²) in [6.07, 6.45) is 0. The summed E-state index contributed by atoms with van der Waals surface area (Å²) < 4.78 is 0. The first-order valence-corrected chi connectivity index (χ1v) is 4.25. The van der Waals surface area contributed by atoms with Crippen LogP contribution in [0.3, 0.4) is 0 Å². The molecule has 0 aromatic carbocycles. The molecule has 57 valence electrons. The van der Waals surface area contributed by atoms with Gasteiger partial charge in [0.05, 0.1) is 0 Å². The number of benzene rings is 1. The van der Waals surface area contributed by atoms with Gasteiger partial charge in [0.25, 0.3) is 0 Å². The summed E-state index contributed by atoms with van der Waals surface area (Å²) in [6.45, 7) is 0. The third-order valence-corrected chi connectivity index (χ3v) is 2.09. The Morgan fingerprint density at radius 3 is 2.18 bits per heavy atom. The predicted molar refractivity (Wildman–Crippen MR) is 48.3 cm³/mol. The predicted octanol–water partition coefficient (Wildman–Crippen LogP) is 1.07. The molecule has 0 bridgehead atoms. The highest BCUT2D eigenvalue weighted by molar-refractivity contribution is 9.08. The summed E-state index contributed by atoms with van der Waals surface area (Å²) in [5, 5.41) is 15.0. The molecule has 2 rings (SSSR count). The molecular weight excluding hydrogens is 207 g/mol. The molecule has 0 saturated carbocycles. The fourth-order valence-corrected chi connectivity index (χ4v) is 1.42. The zero-order valence-electron chi connectivity index (χ0n) is 5.79. The number of halogens is 1. The maximum absolute atomic E-state index is 7.00. The van der Waals surface area contributed by atoms with Gasteiger partial charge in [0.1, 0.15) is 0 Å². The first-order valence-electron chi connectivity index (χ1n) is 3.13. The normalized spacial score (nSPS) is 9.73. The first-order chi connectivity index (χ1) is 5.33. The molecule has 0 unspecified atom stereocenters. The van der Waals surface area contributed by atoms with Gasteiger partial charge in [-0.3, -0.25) is 0 Å². The van der Waals surface area contributed by atoms with Crippen molar-refractivity contribution in [1.82, 2.24) is 0 Å². The van der Waals surface area contributed by atoms with Crippen molar-refractivity contribution < 1.29 is 10.0 Å². The average molecular weight is 214 g/mol. The summed E-state index contributed by atoms with van der Waals surface area (Å²) in [4.78, 5) is 0. The first kappa shape index (κ1) is 8.78. The van der Waals surface area contributed by atoms with E-state index in [1.807, 2.05) is 0 Å². The van der Waals surface area contributed by atoms with Gasteiger partial charge < -0.3 is 10.0 Å².